The molecule has 1 aliphatic rings. The van der Waals surface area contributed by atoms with Crippen molar-refractivity contribution in [3.63, 3.8) is 0 Å². The predicted octanol–water partition coefficient (Wildman–Crippen LogP) is 0.480. The van der Waals surface area contributed by atoms with Gasteiger partial charge in [0.1, 0.15) is 11.9 Å². The Balaban J connectivity index is 1.77. The van der Waals surface area contributed by atoms with Crippen molar-refractivity contribution in [1.29, 1.82) is 0 Å². The molecule has 1 aromatic rings. The van der Waals surface area contributed by atoms with Crippen molar-refractivity contribution in [2.45, 2.75) is 24.2 Å². The van der Waals surface area contributed by atoms with E-state index in [1.807, 2.05) is 0 Å². The molecular formula is C11H17NO4S. The summed E-state index contributed by atoms with van der Waals surface area (Å²) in [6, 6.07) is 3.40. The van der Waals surface area contributed by atoms with Crippen molar-refractivity contribution in [1.82, 2.24) is 5.32 Å². The summed E-state index contributed by atoms with van der Waals surface area (Å²) in [5.41, 5.74) is 0. The number of rotatable bonds is 5. The second-order valence-electron chi connectivity index (χ2n) is 4.32. The zero-order chi connectivity index (χ0) is 12.3. The zero-order valence-electron chi connectivity index (χ0n) is 9.50. The summed E-state index contributed by atoms with van der Waals surface area (Å²) in [6.45, 7) is 0.708. The molecule has 0 amide bonds. The highest BCUT2D eigenvalue weighted by molar-refractivity contribution is 7.92. The number of sulfone groups is 1. The number of hydrogen-bond acceptors (Lipinski definition) is 5. The van der Waals surface area contributed by atoms with E-state index < -0.39 is 15.9 Å². The minimum atomic E-state index is -2.91. The van der Waals surface area contributed by atoms with Gasteiger partial charge in [-0.25, -0.2) is 8.42 Å². The van der Waals surface area contributed by atoms with Gasteiger partial charge in [-0.3, -0.25) is 0 Å². The first-order valence-electron chi connectivity index (χ1n) is 5.73. The molecule has 0 bridgehead atoms. The van der Waals surface area contributed by atoms with Crippen molar-refractivity contribution < 1.29 is 17.9 Å². The Morgan fingerprint density at radius 1 is 1.59 bits per heavy atom. The summed E-state index contributed by atoms with van der Waals surface area (Å²) in [4.78, 5) is 0. The highest BCUT2D eigenvalue weighted by Gasteiger charge is 2.30. The lowest BCUT2D eigenvalue weighted by Gasteiger charge is -2.13. The van der Waals surface area contributed by atoms with Gasteiger partial charge >= 0.3 is 0 Å². The van der Waals surface area contributed by atoms with Gasteiger partial charge in [0.05, 0.1) is 17.3 Å². The van der Waals surface area contributed by atoms with Crippen molar-refractivity contribution in [2.75, 3.05) is 18.8 Å². The summed E-state index contributed by atoms with van der Waals surface area (Å²) in [5.74, 6) is 0.784. The Morgan fingerprint density at radius 3 is 3.00 bits per heavy atom. The average Bonchev–Trinajstić information content (AvgIpc) is 2.88. The van der Waals surface area contributed by atoms with E-state index in [-0.39, 0.29) is 5.25 Å². The van der Waals surface area contributed by atoms with E-state index in [2.05, 4.69) is 5.32 Å². The van der Waals surface area contributed by atoms with Crippen molar-refractivity contribution >= 4 is 9.84 Å². The summed E-state index contributed by atoms with van der Waals surface area (Å²) in [7, 11) is -2.91. The van der Waals surface area contributed by atoms with Crippen LogP contribution in [0.2, 0.25) is 0 Å². The van der Waals surface area contributed by atoms with Crippen molar-refractivity contribution in [3.8, 4) is 0 Å². The molecule has 5 nitrogen and oxygen atoms in total. The van der Waals surface area contributed by atoms with Crippen molar-refractivity contribution in [3.05, 3.63) is 24.2 Å². The van der Waals surface area contributed by atoms with Crippen LogP contribution >= 0.6 is 0 Å². The third-order valence-corrected chi connectivity index (χ3v) is 5.32. The number of aliphatic hydroxyl groups excluding tert-OH is 1. The van der Waals surface area contributed by atoms with Gasteiger partial charge in [-0.2, -0.15) is 0 Å². The molecule has 0 spiro atoms. The molecule has 0 saturated carbocycles. The van der Waals surface area contributed by atoms with Gasteiger partial charge in [-0.15, -0.1) is 0 Å². The fraction of sp³-hybridized carbons (Fsp3) is 0.636. The van der Waals surface area contributed by atoms with Crippen LogP contribution in [0.15, 0.2) is 22.8 Å². The minimum Gasteiger partial charge on any atom is -0.467 e. The third-order valence-electron chi connectivity index (χ3n) is 3.04. The molecule has 1 aromatic heterocycles. The zero-order valence-corrected chi connectivity index (χ0v) is 10.3. The average molecular weight is 259 g/mol. The quantitative estimate of drug-likeness (QED) is 0.804. The maximum Gasteiger partial charge on any atom is 0.154 e. The Hall–Kier alpha value is -0.850. The molecule has 0 radical (unpaired) electrons. The molecule has 6 heteroatoms. The fourth-order valence-corrected chi connectivity index (χ4v) is 3.85. The second kappa shape index (κ2) is 5.20. The summed E-state index contributed by atoms with van der Waals surface area (Å²) < 4.78 is 28.1. The molecule has 2 N–H and O–H groups in total. The molecule has 2 heterocycles. The standard InChI is InChI=1S/C11H17NO4S/c13-10(11-4-1-5-16-11)8-12-7-9-3-2-6-17(9,14)15/h1,4-5,9-10,12-13H,2-3,6-8H2. The van der Waals surface area contributed by atoms with Crippen LogP contribution in [0.4, 0.5) is 0 Å². The van der Waals surface area contributed by atoms with E-state index in [1.165, 1.54) is 6.26 Å². The highest BCUT2D eigenvalue weighted by atomic mass is 32.2. The lowest BCUT2D eigenvalue weighted by Crippen LogP contribution is -2.33. The molecular weight excluding hydrogens is 242 g/mol. The van der Waals surface area contributed by atoms with Crippen LogP contribution in [0.5, 0.6) is 0 Å². The summed E-state index contributed by atoms with van der Waals surface area (Å²) in [6.07, 6.45) is 2.23. The van der Waals surface area contributed by atoms with Crippen LogP contribution in [-0.4, -0.2) is 37.6 Å². The van der Waals surface area contributed by atoms with E-state index in [9.17, 15) is 13.5 Å². The number of hydrogen-bond donors (Lipinski definition) is 2. The third kappa shape index (κ3) is 3.08. The molecule has 1 fully saturated rings. The Morgan fingerprint density at radius 2 is 2.41 bits per heavy atom. The number of aliphatic hydroxyl groups is 1. The molecule has 2 unspecified atom stereocenters. The van der Waals surface area contributed by atoms with Gasteiger partial charge < -0.3 is 14.8 Å². The van der Waals surface area contributed by atoms with Crippen LogP contribution in [-0.2, 0) is 9.84 Å². The fourth-order valence-electron chi connectivity index (χ4n) is 2.05. The van der Waals surface area contributed by atoms with E-state index in [0.29, 0.717) is 31.0 Å². The first-order valence-corrected chi connectivity index (χ1v) is 7.45. The van der Waals surface area contributed by atoms with Gasteiger partial charge in [-0.1, -0.05) is 0 Å². The van der Waals surface area contributed by atoms with Crippen LogP contribution in [0, 0.1) is 0 Å². The lowest BCUT2D eigenvalue weighted by molar-refractivity contribution is 0.147. The van der Waals surface area contributed by atoms with E-state index >= 15 is 0 Å². The summed E-state index contributed by atoms with van der Waals surface area (Å²) >= 11 is 0. The molecule has 2 rings (SSSR count). The maximum absolute atomic E-state index is 11.5. The highest BCUT2D eigenvalue weighted by Crippen LogP contribution is 2.19. The number of furan rings is 1. The number of nitrogens with one attached hydrogen (secondary N) is 1. The molecule has 1 aliphatic heterocycles. The van der Waals surface area contributed by atoms with Gasteiger partial charge in [0.2, 0.25) is 0 Å². The van der Waals surface area contributed by atoms with Crippen LogP contribution < -0.4 is 5.32 Å². The van der Waals surface area contributed by atoms with E-state index in [0.717, 1.165) is 6.42 Å². The largest absolute Gasteiger partial charge is 0.467 e. The normalized spacial score (nSPS) is 24.9. The molecule has 0 aliphatic carbocycles. The van der Waals surface area contributed by atoms with Gasteiger partial charge in [0.25, 0.3) is 0 Å². The Bertz CT molecular complexity index is 440. The molecule has 2 atom stereocenters. The van der Waals surface area contributed by atoms with Crippen LogP contribution in [0.25, 0.3) is 0 Å². The topological polar surface area (TPSA) is 79.5 Å². The van der Waals surface area contributed by atoms with Crippen LogP contribution in [0.3, 0.4) is 0 Å². The Labute approximate surface area is 101 Å². The molecule has 1 saturated heterocycles. The molecule has 17 heavy (non-hydrogen) atoms. The predicted molar refractivity (Wildman–Crippen MR) is 63.3 cm³/mol. The first kappa shape index (κ1) is 12.6. The van der Waals surface area contributed by atoms with Crippen LogP contribution in [0.1, 0.15) is 24.7 Å². The van der Waals surface area contributed by atoms with Gasteiger partial charge in [0.15, 0.2) is 9.84 Å². The minimum absolute atomic E-state index is 0.292. The maximum atomic E-state index is 11.5. The lowest BCUT2D eigenvalue weighted by atomic mass is 10.2. The molecule has 96 valence electrons. The van der Waals surface area contributed by atoms with Gasteiger partial charge in [-0.05, 0) is 25.0 Å². The summed E-state index contributed by atoms with van der Waals surface area (Å²) in [5, 5.41) is 12.4. The van der Waals surface area contributed by atoms with E-state index in [1.54, 1.807) is 12.1 Å². The first-order chi connectivity index (χ1) is 8.09. The van der Waals surface area contributed by atoms with Crippen molar-refractivity contribution in [2.24, 2.45) is 0 Å². The molecule has 0 aromatic carbocycles. The Kier molecular flexibility index (Phi) is 3.86. The van der Waals surface area contributed by atoms with Gasteiger partial charge in [0, 0.05) is 13.1 Å². The van der Waals surface area contributed by atoms with E-state index in [4.69, 9.17) is 4.42 Å². The smallest absolute Gasteiger partial charge is 0.154 e. The second-order valence-corrected chi connectivity index (χ2v) is 6.72. The monoisotopic (exact) mass is 259 g/mol. The SMILES string of the molecule is O=S1(=O)CCCC1CNCC(O)c1ccco1.